The van der Waals surface area contributed by atoms with Crippen LogP contribution in [-0.2, 0) is 11.8 Å². The van der Waals surface area contributed by atoms with E-state index in [4.69, 9.17) is 4.74 Å². The quantitative estimate of drug-likeness (QED) is 0.848. The van der Waals surface area contributed by atoms with E-state index < -0.39 is 0 Å². The molecule has 6 heteroatoms. The third kappa shape index (κ3) is 2.68. The van der Waals surface area contributed by atoms with Crippen molar-refractivity contribution < 1.29 is 9.53 Å². The van der Waals surface area contributed by atoms with Crippen LogP contribution < -0.4 is 4.74 Å². The molecule has 3 heterocycles. The molecule has 2 aliphatic rings. The maximum absolute atomic E-state index is 12.9. The van der Waals surface area contributed by atoms with Gasteiger partial charge in [-0.3, -0.25) is 4.79 Å². The lowest BCUT2D eigenvalue weighted by molar-refractivity contribution is -0.128. The van der Waals surface area contributed by atoms with Crippen LogP contribution in [0.1, 0.15) is 30.1 Å². The standard InChI is InChI=1S/C18H20N4O2/c1-21-12-19-20-17(21)14-6-4-8-22(10-14)18(23)15-9-13-5-2-3-7-16(13)24-11-15/h2-3,5,7,9,12,14H,4,6,8,10-11H2,1H3. The van der Waals surface area contributed by atoms with Crippen LogP contribution in [-0.4, -0.2) is 45.3 Å². The predicted molar refractivity (Wildman–Crippen MR) is 89.5 cm³/mol. The van der Waals surface area contributed by atoms with Gasteiger partial charge in [-0.2, -0.15) is 0 Å². The molecule has 0 N–H and O–H groups in total. The topological polar surface area (TPSA) is 60.2 Å². The number of benzene rings is 1. The molecule has 1 saturated heterocycles. The van der Waals surface area contributed by atoms with Crippen LogP contribution >= 0.6 is 0 Å². The molecule has 124 valence electrons. The van der Waals surface area contributed by atoms with Gasteiger partial charge in [0.2, 0.25) is 0 Å². The van der Waals surface area contributed by atoms with Crippen molar-refractivity contribution >= 4 is 12.0 Å². The van der Waals surface area contributed by atoms with Gasteiger partial charge in [0.15, 0.2) is 0 Å². The van der Waals surface area contributed by atoms with E-state index in [-0.39, 0.29) is 11.8 Å². The number of likely N-dealkylation sites (tertiary alicyclic amines) is 1. The summed E-state index contributed by atoms with van der Waals surface area (Å²) in [5.74, 6) is 2.10. The Morgan fingerprint density at radius 2 is 2.21 bits per heavy atom. The molecule has 1 unspecified atom stereocenters. The lowest BCUT2D eigenvalue weighted by Crippen LogP contribution is -2.41. The largest absolute Gasteiger partial charge is 0.488 e. The maximum atomic E-state index is 12.9. The monoisotopic (exact) mass is 324 g/mol. The number of piperidine rings is 1. The highest BCUT2D eigenvalue weighted by Gasteiger charge is 2.29. The third-order valence-corrected chi connectivity index (χ3v) is 4.73. The van der Waals surface area contributed by atoms with Crippen molar-refractivity contribution in [1.82, 2.24) is 19.7 Å². The lowest BCUT2D eigenvalue weighted by Gasteiger charge is -2.33. The van der Waals surface area contributed by atoms with E-state index in [1.54, 1.807) is 6.33 Å². The van der Waals surface area contributed by atoms with Crippen molar-refractivity contribution in [3.8, 4) is 5.75 Å². The number of hydrogen-bond acceptors (Lipinski definition) is 4. The first-order valence-electron chi connectivity index (χ1n) is 8.28. The molecule has 0 spiro atoms. The number of carbonyl (C=O) groups is 1. The molecular weight excluding hydrogens is 304 g/mol. The molecule has 0 radical (unpaired) electrons. The fourth-order valence-electron chi connectivity index (χ4n) is 3.48. The van der Waals surface area contributed by atoms with Crippen LogP contribution in [0, 0.1) is 0 Å². The first-order valence-corrected chi connectivity index (χ1v) is 8.28. The van der Waals surface area contributed by atoms with Gasteiger partial charge in [0.25, 0.3) is 5.91 Å². The number of para-hydroxylation sites is 1. The molecule has 1 aromatic carbocycles. The summed E-state index contributed by atoms with van der Waals surface area (Å²) in [7, 11) is 1.95. The molecular formula is C18H20N4O2. The molecule has 1 atom stereocenters. The minimum atomic E-state index is 0.0661. The molecule has 0 saturated carbocycles. The van der Waals surface area contributed by atoms with E-state index in [0.717, 1.165) is 36.5 Å². The SMILES string of the molecule is Cn1cnnc1C1CCCN(C(=O)C2=Cc3ccccc3OC2)C1. The lowest BCUT2D eigenvalue weighted by atomic mass is 9.96. The maximum Gasteiger partial charge on any atom is 0.253 e. The van der Waals surface area contributed by atoms with Crippen LogP contribution in [0.4, 0.5) is 0 Å². The van der Waals surface area contributed by atoms with Crippen molar-refractivity contribution in [2.75, 3.05) is 19.7 Å². The summed E-state index contributed by atoms with van der Waals surface area (Å²) in [6.07, 6.45) is 5.68. The molecule has 24 heavy (non-hydrogen) atoms. The molecule has 1 aromatic heterocycles. The highest BCUT2D eigenvalue weighted by molar-refractivity contribution is 5.99. The van der Waals surface area contributed by atoms with E-state index in [2.05, 4.69) is 10.2 Å². The van der Waals surface area contributed by atoms with Crippen molar-refractivity contribution in [2.24, 2.45) is 7.05 Å². The summed E-state index contributed by atoms with van der Waals surface area (Å²) in [4.78, 5) is 14.8. The molecule has 0 bridgehead atoms. The van der Waals surface area contributed by atoms with Crippen molar-refractivity contribution in [1.29, 1.82) is 0 Å². The smallest absolute Gasteiger partial charge is 0.253 e. The fourth-order valence-corrected chi connectivity index (χ4v) is 3.48. The molecule has 6 nitrogen and oxygen atoms in total. The highest BCUT2D eigenvalue weighted by Crippen LogP contribution is 2.29. The van der Waals surface area contributed by atoms with Crippen LogP contribution in [0.25, 0.3) is 6.08 Å². The second kappa shape index (κ2) is 6.11. The minimum absolute atomic E-state index is 0.0661. The van der Waals surface area contributed by atoms with Gasteiger partial charge in [-0.1, -0.05) is 18.2 Å². The van der Waals surface area contributed by atoms with E-state index in [1.807, 2.05) is 46.9 Å². The average molecular weight is 324 g/mol. The number of ether oxygens (including phenoxy) is 1. The van der Waals surface area contributed by atoms with Crippen molar-refractivity contribution in [3.05, 3.63) is 47.6 Å². The van der Waals surface area contributed by atoms with E-state index in [0.29, 0.717) is 18.7 Å². The summed E-state index contributed by atoms with van der Waals surface area (Å²) in [6, 6.07) is 7.80. The second-order valence-electron chi connectivity index (χ2n) is 6.39. The fraction of sp³-hybridized carbons (Fsp3) is 0.389. The average Bonchev–Trinajstić information content (AvgIpc) is 3.07. The minimum Gasteiger partial charge on any atom is -0.488 e. The van der Waals surface area contributed by atoms with Crippen molar-refractivity contribution in [3.63, 3.8) is 0 Å². The normalized spacial score (nSPS) is 20.1. The Bertz CT molecular complexity index is 796. The Morgan fingerprint density at radius 3 is 3.04 bits per heavy atom. The first kappa shape index (κ1) is 14.9. The van der Waals surface area contributed by atoms with Gasteiger partial charge in [0, 0.05) is 31.6 Å². The molecule has 2 aromatic rings. The summed E-state index contributed by atoms with van der Waals surface area (Å²) >= 11 is 0. The Kier molecular flexibility index (Phi) is 3.80. The first-order chi connectivity index (χ1) is 11.7. The van der Waals surface area contributed by atoms with Crippen LogP contribution in [0.3, 0.4) is 0 Å². The summed E-state index contributed by atoms with van der Waals surface area (Å²) in [6.45, 7) is 1.80. The summed E-state index contributed by atoms with van der Waals surface area (Å²) in [5, 5.41) is 8.17. The van der Waals surface area contributed by atoms with Gasteiger partial charge >= 0.3 is 0 Å². The number of rotatable bonds is 2. The Balaban J connectivity index is 1.53. The molecule has 1 fully saturated rings. The van der Waals surface area contributed by atoms with Gasteiger partial charge in [-0.15, -0.1) is 10.2 Å². The van der Waals surface area contributed by atoms with Gasteiger partial charge in [-0.05, 0) is 25.0 Å². The van der Waals surface area contributed by atoms with Gasteiger partial charge in [-0.25, -0.2) is 0 Å². The number of carbonyl (C=O) groups excluding carboxylic acids is 1. The van der Waals surface area contributed by atoms with Gasteiger partial charge in [0.1, 0.15) is 24.5 Å². The number of nitrogens with zero attached hydrogens (tertiary/aromatic N) is 4. The second-order valence-corrected chi connectivity index (χ2v) is 6.39. The Labute approximate surface area is 140 Å². The van der Waals surface area contributed by atoms with E-state index in [1.165, 1.54) is 0 Å². The van der Waals surface area contributed by atoms with Gasteiger partial charge < -0.3 is 14.2 Å². The molecule has 2 aliphatic heterocycles. The van der Waals surface area contributed by atoms with Crippen LogP contribution in [0.15, 0.2) is 36.2 Å². The number of fused-ring (bicyclic) bond motifs is 1. The Hall–Kier alpha value is -2.63. The number of amides is 1. The zero-order chi connectivity index (χ0) is 16.5. The van der Waals surface area contributed by atoms with Crippen LogP contribution in [0.5, 0.6) is 5.75 Å². The van der Waals surface area contributed by atoms with Crippen molar-refractivity contribution in [2.45, 2.75) is 18.8 Å². The zero-order valence-electron chi connectivity index (χ0n) is 13.7. The van der Waals surface area contributed by atoms with Gasteiger partial charge in [0.05, 0.1) is 5.57 Å². The molecule has 0 aliphatic carbocycles. The summed E-state index contributed by atoms with van der Waals surface area (Å²) in [5.41, 5.74) is 1.68. The highest BCUT2D eigenvalue weighted by atomic mass is 16.5. The van der Waals surface area contributed by atoms with Crippen LogP contribution in [0.2, 0.25) is 0 Å². The van der Waals surface area contributed by atoms with E-state index in [9.17, 15) is 4.79 Å². The molecule has 1 amide bonds. The number of aromatic nitrogens is 3. The summed E-state index contributed by atoms with van der Waals surface area (Å²) < 4.78 is 7.67. The zero-order valence-corrected chi connectivity index (χ0v) is 13.7. The predicted octanol–water partition coefficient (Wildman–Crippen LogP) is 2.00. The number of hydrogen-bond donors (Lipinski definition) is 0. The molecule has 4 rings (SSSR count). The third-order valence-electron chi connectivity index (χ3n) is 4.73. The number of aryl methyl sites for hydroxylation is 1. The van der Waals surface area contributed by atoms with E-state index >= 15 is 0 Å². The Morgan fingerprint density at radius 1 is 1.33 bits per heavy atom.